The van der Waals surface area contributed by atoms with Crippen LogP contribution in [0.1, 0.15) is 48.2 Å². The lowest BCUT2D eigenvalue weighted by Gasteiger charge is -2.18. The summed E-state index contributed by atoms with van der Waals surface area (Å²) in [5.41, 5.74) is 3.06. The Morgan fingerprint density at radius 1 is 1.04 bits per heavy atom. The standard InChI is InChI=1S/C20H25NO2/c1-5-23-19-12-6-16(7-13-19)14-21(4)20(22)18-10-8-17(9-11-18)15(2)3/h6-13,15H,5,14H2,1-4H3. The molecule has 0 aliphatic rings. The minimum Gasteiger partial charge on any atom is -0.494 e. The summed E-state index contributed by atoms with van der Waals surface area (Å²) in [6.07, 6.45) is 0. The molecule has 0 heterocycles. The summed E-state index contributed by atoms with van der Waals surface area (Å²) in [4.78, 5) is 14.2. The summed E-state index contributed by atoms with van der Waals surface area (Å²) in [7, 11) is 1.83. The van der Waals surface area contributed by atoms with Gasteiger partial charge in [-0.1, -0.05) is 38.1 Å². The Kier molecular flexibility index (Phi) is 5.80. The number of carbonyl (C=O) groups excluding carboxylic acids is 1. The zero-order valence-corrected chi connectivity index (χ0v) is 14.4. The Hall–Kier alpha value is -2.29. The molecule has 0 saturated carbocycles. The predicted octanol–water partition coefficient (Wildman–Crippen LogP) is 4.48. The molecule has 0 N–H and O–H groups in total. The number of carbonyl (C=O) groups is 1. The SMILES string of the molecule is CCOc1ccc(CN(C)C(=O)c2ccc(C(C)C)cc2)cc1. The van der Waals surface area contributed by atoms with Gasteiger partial charge in [0.15, 0.2) is 0 Å². The van der Waals surface area contributed by atoms with Gasteiger partial charge in [0, 0.05) is 19.2 Å². The van der Waals surface area contributed by atoms with E-state index >= 15 is 0 Å². The Labute approximate surface area is 138 Å². The van der Waals surface area contributed by atoms with Crippen LogP contribution in [0.2, 0.25) is 0 Å². The highest BCUT2D eigenvalue weighted by Crippen LogP contribution is 2.17. The highest BCUT2D eigenvalue weighted by molar-refractivity contribution is 5.94. The predicted molar refractivity (Wildman–Crippen MR) is 93.9 cm³/mol. The molecule has 0 unspecified atom stereocenters. The lowest BCUT2D eigenvalue weighted by atomic mass is 10.0. The fourth-order valence-electron chi connectivity index (χ4n) is 2.43. The highest BCUT2D eigenvalue weighted by atomic mass is 16.5. The Balaban J connectivity index is 2.01. The molecule has 0 atom stereocenters. The maximum atomic E-state index is 12.5. The molecule has 0 aromatic heterocycles. The minimum absolute atomic E-state index is 0.0363. The molecule has 0 spiro atoms. The van der Waals surface area contributed by atoms with Crippen molar-refractivity contribution in [3.63, 3.8) is 0 Å². The second-order valence-electron chi connectivity index (χ2n) is 6.01. The van der Waals surface area contributed by atoms with Crippen LogP contribution in [-0.4, -0.2) is 24.5 Å². The van der Waals surface area contributed by atoms with Crippen LogP contribution in [0.3, 0.4) is 0 Å². The van der Waals surface area contributed by atoms with Gasteiger partial charge in [-0.25, -0.2) is 0 Å². The largest absolute Gasteiger partial charge is 0.494 e. The van der Waals surface area contributed by atoms with Gasteiger partial charge in [-0.05, 0) is 48.2 Å². The third-order valence-electron chi connectivity index (χ3n) is 3.83. The summed E-state index contributed by atoms with van der Waals surface area (Å²) in [6.45, 7) is 7.50. The van der Waals surface area contributed by atoms with E-state index in [4.69, 9.17) is 4.74 Å². The molecule has 0 aliphatic heterocycles. The van der Waals surface area contributed by atoms with Gasteiger partial charge in [0.05, 0.1) is 6.61 Å². The lowest BCUT2D eigenvalue weighted by molar-refractivity contribution is 0.0785. The summed E-state index contributed by atoms with van der Waals surface area (Å²) < 4.78 is 5.43. The summed E-state index contributed by atoms with van der Waals surface area (Å²) >= 11 is 0. The molecule has 0 aliphatic carbocycles. The molecule has 1 amide bonds. The number of amides is 1. The van der Waals surface area contributed by atoms with Gasteiger partial charge in [0.1, 0.15) is 5.75 Å². The van der Waals surface area contributed by atoms with Gasteiger partial charge < -0.3 is 9.64 Å². The van der Waals surface area contributed by atoms with Crippen molar-refractivity contribution in [3.8, 4) is 5.75 Å². The maximum Gasteiger partial charge on any atom is 0.253 e. The molecule has 3 nitrogen and oxygen atoms in total. The fourth-order valence-corrected chi connectivity index (χ4v) is 2.43. The summed E-state index contributed by atoms with van der Waals surface area (Å²) in [5.74, 6) is 1.37. The normalized spacial score (nSPS) is 10.7. The van der Waals surface area contributed by atoms with Crippen molar-refractivity contribution in [1.82, 2.24) is 4.90 Å². The van der Waals surface area contributed by atoms with Gasteiger partial charge in [-0.3, -0.25) is 4.79 Å². The van der Waals surface area contributed by atoms with Crippen LogP contribution in [0, 0.1) is 0 Å². The molecule has 0 fully saturated rings. The van der Waals surface area contributed by atoms with Gasteiger partial charge in [-0.2, -0.15) is 0 Å². The minimum atomic E-state index is 0.0363. The molecule has 3 heteroatoms. The number of ether oxygens (including phenoxy) is 1. The third kappa shape index (κ3) is 4.59. The molecule has 0 saturated heterocycles. The molecule has 2 rings (SSSR count). The maximum absolute atomic E-state index is 12.5. The molecule has 0 radical (unpaired) electrons. The molecule has 2 aromatic carbocycles. The van der Waals surface area contributed by atoms with Gasteiger partial charge >= 0.3 is 0 Å². The van der Waals surface area contributed by atoms with E-state index in [-0.39, 0.29) is 5.91 Å². The number of rotatable bonds is 6. The van der Waals surface area contributed by atoms with E-state index in [1.807, 2.05) is 62.5 Å². The van der Waals surface area contributed by atoms with Crippen LogP contribution < -0.4 is 4.74 Å². The Morgan fingerprint density at radius 3 is 2.17 bits per heavy atom. The number of nitrogens with zero attached hydrogens (tertiary/aromatic N) is 1. The van der Waals surface area contributed by atoms with E-state index < -0.39 is 0 Å². The van der Waals surface area contributed by atoms with Crippen molar-refractivity contribution in [3.05, 3.63) is 65.2 Å². The number of hydrogen-bond donors (Lipinski definition) is 0. The van der Waals surface area contributed by atoms with Crippen LogP contribution in [0.4, 0.5) is 0 Å². The first-order chi connectivity index (χ1) is 11.0. The smallest absolute Gasteiger partial charge is 0.253 e. The van der Waals surface area contributed by atoms with Crippen molar-refractivity contribution >= 4 is 5.91 Å². The average Bonchev–Trinajstić information content (AvgIpc) is 2.56. The van der Waals surface area contributed by atoms with Crippen LogP contribution >= 0.6 is 0 Å². The molecular formula is C20H25NO2. The molecule has 2 aromatic rings. The number of hydrogen-bond acceptors (Lipinski definition) is 2. The second kappa shape index (κ2) is 7.82. The van der Waals surface area contributed by atoms with Gasteiger partial charge in [0.2, 0.25) is 0 Å². The zero-order valence-electron chi connectivity index (χ0n) is 14.4. The van der Waals surface area contributed by atoms with Crippen LogP contribution in [-0.2, 0) is 6.54 Å². The summed E-state index contributed by atoms with van der Waals surface area (Å²) in [5, 5.41) is 0. The first-order valence-electron chi connectivity index (χ1n) is 8.08. The molecule has 122 valence electrons. The van der Waals surface area contributed by atoms with E-state index in [0.717, 1.165) is 16.9 Å². The molecule has 23 heavy (non-hydrogen) atoms. The topological polar surface area (TPSA) is 29.5 Å². The van der Waals surface area contributed by atoms with Gasteiger partial charge in [-0.15, -0.1) is 0 Å². The van der Waals surface area contributed by atoms with Crippen molar-refractivity contribution in [2.24, 2.45) is 0 Å². The Morgan fingerprint density at radius 2 is 1.65 bits per heavy atom. The van der Waals surface area contributed by atoms with E-state index in [0.29, 0.717) is 19.1 Å². The fraction of sp³-hybridized carbons (Fsp3) is 0.350. The van der Waals surface area contributed by atoms with Crippen molar-refractivity contribution in [2.75, 3.05) is 13.7 Å². The van der Waals surface area contributed by atoms with Crippen molar-refractivity contribution in [2.45, 2.75) is 33.2 Å². The summed E-state index contributed by atoms with van der Waals surface area (Å²) in [6, 6.07) is 15.8. The second-order valence-corrected chi connectivity index (χ2v) is 6.01. The first kappa shape index (κ1) is 17.1. The average molecular weight is 311 g/mol. The molecule has 0 bridgehead atoms. The van der Waals surface area contributed by atoms with E-state index in [1.54, 1.807) is 4.90 Å². The van der Waals surface area contributed by atoms with Gasteiger partial charge in [0.25, 0.3) is 5.91 Å². The third-order valence-corrected chi connectivity index (χ3v) is 3.83. The lowest BCUT2D eigenvalue weighted by Crippen LogP contribution is -2.26. The van der Waals surface area contributed by atoms with E-state index in [2.05, 4.69) is 13.8 Å². The van der Waals surface area contributed by atoms with Crippen LogP contribution in [0.15, 0.2) is 48.5 Å². The van der Waals surface area contributed by atoms with E-state index in [9.17, 15) is 4.79 Å². The number of benzene rings is 2. The van der Waals surface area contributed by atoms with Crippen LogP contribution in [0.5, 0.6) is 5.75 Å². The van der Waals surface area contributed by atoms with Crippen molar-refractivity contribution < 1.29 is 9.53 Å². The van der Waals surface area contributed by atoms with Crippen LogP contribution in [0.25, 0.3) is 0 Å². The Bertz CT molecular complexity index is 630. The monoisotopic (exact) mass is 311 g/mol. The quantitative estimate of drug-likeness (QED) is 0.787. The zero-order chi connectivity index (χ0) is 16.8. The first-order valence-corrected chi connectivity index (χ1v) is 8.08. The highest BCUT2D eigenvalue weighted by Gasteiger charge is 2.12. The van der Waals surface area contributed by atoms with Crippen molar-refractivity contribution in [1.29, 1.82) is 0 Å². The molecular weight excluding hydrogens is 286 g/mol. The van der Waals surface area contributed by atoms with E-state index in [1.165, 1.54) is 5.56 Å².